The Hall–Kier alpha value is -1.37. The Labute approximate surface area is 156 Å². The van der Waals surface area contributed by atoms with Crippen molar-refractivity contribution in [3.8, 4) is 0 Å². The predicted molar refractivity (Wildman–Crippen MR) is 102 cm³/mol. The van der Waals surface area contributed by atoms with Gasteiger partial charge >= 0.3 is 0 Å². The second-order valence-electron chi connectivity index (χ2n) is 4.72. The van der Waals surface area contributed by atoms with Crippen LogP contribution >= 0.6 is 43.5 Å². The number of hydrazone groups is 1. The molecule has 4 nitrogen and oxygen atoms in total. The van der Waals surface area contributed by atoms with Crippen LogP contribution in [0.3, 0.4) is 0 Å². The van der Waals surface area contributed by atoms with Crippen molar-refractivity contribution in [3.05, 3.63) is 62.0 Å². The molecule has 0 saturated carbocycles. The van der Waals surface area contributed by atoms with Crippen molar-refractivity contribution < 1.29 is 4.79 Å². The standard InChI is InChI=1S/C16H14Br2ClN3O/c1-10(11-2-4-12(17)5-3-11)21-22-16(23)9-20-15-7-6-13(19)8-14(15)18/h2-8,20H,9H2,1H3,(H,22,23)/b21-10-. The molecule has 2 aromatic carbocycles. The maximum absolute atomic E-state index is 11.9. The normalized spacial score (nSPS) is 11.2. The number of carbonyl (C=O) groups excluding carboxylic acids is 1. The van der Waals surface area contributed by atoms with Crippen molar-refractivity contribution >= 4 is 60.8 Å². The summed E-state index contributed by atoms with van der Waals surface area (Å²) in [6.45, 7) is 1.95. The second-order valence-corrected chi connectivity index (χ2v) is 6.92. The molecule has 7 heteroatoms. The van der Waals surface area contributed by atoms with Crippen molar-refractivity contribution in [2.75, 3.05) is 11.9 Å². The zero-order chi connectivity index (χ0) is 16.8. The molecule has 0 unspecified atom stereocenters. The van der Waals surface area contributed by atoms with Crippen molar-refractivity contribution in [2.45, 2.75) is 6.92 Å². The molecule has 0 fully saturated rings. The van der Waals surface area contributed by atoms with E-state index in [2.05, 4.69) is 47.7 Å². The number of hydrogen-bond acceptors (Lipinski definition) is 3. The minimum Gasteiger partial charge on any atom is -0.375 e. The molecular formula is C16H14Br2ClN3O. The van der Waals surface area contributed by atoms with Crippen molar-refractivity contribution in [1.82, 2.24) is 5.43 Å². The molecule has 0 bridgehead atoms. The largest absolute Gasteiger partial charge is 0.375 e. The molecule has 23 heavy (non-hydrogen) atoms. The van der Waals surface area contributed by atoms with Gasteiger partial charge in [-0.05, 0) is 58.7 Å². The van der Waals surface area contributed by atoms with E-state index >= 15 is 0 Å². The number of anilines is 1. The summed E-state index contributed by atoms with van der Waals surface area (Å²) in [7, 11) is 0. The summed E-state index contributed by atoms with van der Waals surface area (Å²) in [5.41, 5.74) is 5.00. The van der Waals surface area contributed by atoms with Crippen LogP contribution in [0.15, 0.2) is 56.5 Å². The van der Waals surface area contributed by atoms with Crippen LogP contribution in [0, 0.1) is 0 Å². The average Bonchev–Trinajstić information content (AvgIpc) is 2.52. The molecule has 2 rings (SSSR count). The number of halogens is 3. The van der Waals surface area contributed by atoms with Crippen molar-refractivity contribution in [2.24, 2.45) is 5.10 Å². The molecule has 0 aliphatic heterocycles. The molecule has 0 aliphatic rings. The highest BCUT2D eigenvalue weighted by Crippen LogP contribution is 2.25. The molecule has 0 heterocycles. The Kier molecular flexibility index (Phi) is 6.62. The summed E-state index contributed by atoms with van der Waals surface area (Å²) >= 11 is 12.6. The van der Waals surface area contributed by atoms with Gasteiger partial charge in [0.25, 0.3) is 5.91 Å². The zero-order valence-electron chi connectivity index (χ0n) is 12.2. The fraction of sp³-hybridized carbons (Fsp3) is 0.125. The quantitative estimate of drug-likeness (QED) is 0.498. The highest BCUT2D eigenvalue weighted by molar-refractivity contribution is 9.10. The van der Waals surface area contributed by atoms with Crippen LogP contribution in [0.2, 0.25) is 5.02 Å². The molecule has 0 saturated heterocycles. The number of nitrogens with one attached hydrogen (secondary N) is 2. The van der Waals surface area contributed by atoms with E-state index in [1.165, 1.54) is 0 Å². The maximum Gasteiger partial charge on any atom is 0.259 e. The van der Waals surface area contributed by atoms with Crippen LogP contribution in [-0.4, -0.2) is 18.2 Å². The topological polar surface area (TPSA) is 53.5 Å². The summed E-state index contributed by atoms with van der Waals surface area (Å²) < 4.78 is 1.79. The molecular weight excluding hydrogens is 445 g/mol. The van der Waals surface area contributed by atoms with Gasteiger partial charge in [-0.3, -0.25) is 4.79 Å². The fourth-order valence-corrected chi connectivity index (χ4v) is 2.84. The molecule has 0 radical (unpaired) electrons. The van der Waals surface area contributed by atoms with E-state index in [0.29, 0.717) is 5.02 Å². The Balaban J connectivity index is 1.89. The van der Waals surface area contributed by atoms with E-state index < -0.39 is 0 Å². The second kappa shape index (κ2) is 8.47. The molecule has 1 amide bonds. The van der Waals surface area contributed by atoms with Gasteiger partial charge in [-0.2, -0.15) is 5.10 Å². The smallest absolute Gasteiger partial charge is 0.259 e. The first-order valence-electron chi connectivity index (χ1n) is 6.73. The van der Waals surface area contributed by atoms with Gasteiger partial charge in [-0.1, -0.05) is 39.7 Å². The van der Waals surface area contributed by atoms with Crippen LogP contribution < -0.4 is 10.7 Å². The van der Waals surface area contributed by atoms with Crippen LogP contribution in [0.5, 0.6) is 0 Å². The summed E-state index contributed by atoms with van der Waals surface area (Å²) in [6, 6.07) is 13.0. The number of amides is 1. The van der Waals surface area contributed by atoms with E-state index in [1.54, 1.807) is 18.2 Å². The predicted octanol–water partition coefficient (Wildman–Crippen LogP) is 4.82. The Morgan fingerprint density at radius 3 is 2.52 bits per heavy atom. The number of carbonyl (C=O) groups is 1. The molecule has 2 aromatic rings. The third kappa shape index (κ3) is 5.64. The third-order valence-electron chi connectivity index (χ3n) is 2.98. The van der Waals surface area contributed by atoms with Crippen LogP contribution in [-0.2, 0) is 4.79 Å². The lowest BCUT2D eigenvalue weighted by molar-refractivity contribution is -0.119. The molecule has 0 spiro atoms. The third-order valence-corrected chi connectivity index (χ3v) is 4.40. The lowest BCUT2D eigenvalue weighted by atomic mass is 10.1. The van der Waals surface area contributed by atoms with Crippen LogP contribution in [0.4, 0.5) is 5.69 Å². The van der Waals surface area contributed by atoms with E-state index in [1.807, 2.05) is 31.2 Å². The first kappa shape index (κ1) is 18.0. The number of hydrogen-bond donors (Lipinski definition) is 2. The molecule has 0 aromatic heterocycles. The molecule has 2 N–H and O–H groups in total. The Morgan fingerprint density at radius 1 is 1.17 bits per heavy atom. The van der Waals surface area contributed by atoms with Gasteiger partial charge in [0.15, 0.2) is 0 Å². The number of benzene rings is 2. The van der Waals surface area contributed by atoms with Gasteiger partial charge in [-0.15, -0.1) is 0 Å². The number of nitrogens with zero attached hydrogens (tertiary/aromatic N) is 1. The monoisotopic (exact) mass is 457 g/mol. The highest BCUT2D eigenvalue weighted by atomic mass is 79.9. The van der Waals surface area contributed by atoms with E-state index in [4.69, 9.17) is 11.6 Å². The first-order valence-corrected chi connectivity index (χ1v) is 8.70. The van der Waals surface area contributed by atoms with Gasteiger partial charge in [0.1, 0.15) is 0 Å². The van der Waals surface area contributed by atoms with E-state index in [-0.39, 0.29) is 12.5 Å². The highest BCUT2D eigenvalue weighted by Gasteiger charge is 2.04. The molecule has 120 valence electrons. The SMILES string of the molecule is C/C(=N/NC(=O)CNc1ccc(Cl)cc1Br)c1ccc(Br)cc1. The van der Waals surface area contributed by atoms with Gasteiger partial charge < -0.3 is 5.32 Å². The van der Waals surface area contributed by atoms with Crippen molar-refractivity contribution in [1.29, 1.82) is 0 Å². The first-order chi connectivity index (χ1) is 11.0. The summed E-state index contributed by atoms with van der Waals surface area (Å²) in [5.74, 6) is -0.233. The van der Waals surface area contributed by atoms with Crippen LogP contribution in [0.25, 0.3) is 0 Å². The van der Waals surface area contributed by atoms with Gasteiger partial charge in [0, 0.05) is 19.7 Å². The van der Waals surface area contributed by atoms with Gasteiger partial charge in [-0.25, -0.2) is 5.43 Å². The minimum atomic E-state index is -0.233. The number of rotatable bonds is 5. The molecule has 0 aliphatic carbocycles. The Bertz CT molecular complexity index is 733. The van der Waals surface area contributed by atoms with Crippen LogP contribution in [0.1, 0.15) is 12.5 Å². The van der Waals surface area contributed by atoms with E-state index in [9.17, 15) is 4.79 Å². The minimum absolute atomic E-state index is 0.108. The van der Waals surface area contributed by atoms with Gasteiger partial charge in [0.05, 0.1) is 12.3 Å². The zero-order valence-corrected chi connectivity index (χ0v) is 16.2. The Morgan fingerprint density at radius 2 is 1.87 bits per heavy atom. The summed E-state index contributed by atoms with van der Waals surface area (Å²) in [4.78, 5) is 11.9. The fourth-order valence-electron chi connectivity index (χ4n) is 1.75. The lowest BCUT2D eigenvalue weighted by Crippen LogP contribution is -2.26. The van der Waals surface area contributed by atoms with E-state index in [0.717, 1.165) is 25.9 Å². The van der Waals surface area contributed by atoms with Gasteiger partial charge in [0.2, 0.25) is 0 Å². The lowest BCUT2D eigenvalue weighted by Gasteiger charge is -2.08. The molecule has 0 atom stereocenters. The summed E-state index contributed by atoms with van der Waals surface area (Å²) in [5, 5.41) is 7.75. The van der Waals surface area contributed by atoms with Crippen molar-refractivity contribution in [3.63, 3.8) is 0 Å². The maximum atomic E-state index is 11.9. The summed E-state index contributed by atoms with van der Waals surface area (Å²) in [6.07, 6.45) is 0. The average molecular weight is 460 g/mol.